The highest BCUT2D eigenvalue weighted by Gasteiger charge is 2.27. The molecule has 0 radical (unpaired) electrons. The van der Waals surface area contributed by atoms with Crippen LogP contribution in [0.4, 0.5) is 0 Å². The van der Waals surface area contributed by atoms with Crippen LogP contribution in [0, 0.1) is 6.92 Å². The van der Waals surface area contributed by atoms with Crippen molar-refractivity contribution in [2.24, 2.45) is 0 Å². The molecular weight excluding hydrogens is 254 g/mol. The summed E-state index contributed by atoms with van der Waals surface area (Å²) in [5.74, 6) is 0. The van der Waals surface area contributed by atoms with Crippen molar-refractivity contribution >= 4 is 22.8 Å². The lowest BCUT2D eigenvalue weighted by atomic mass is 10.2. The number of benzene rings is 1. The smallest absolute Gasteiger partial charge is 0.169 e. The fourth-order valence-corrected chi connectivity index (χ4v) is 3.72. The Morgan fingerprint density at radius 1 is 1.26 bits per heavy atom. The molecule has 0 fully saturated rings. The summed E-state index contributed by atoms with van der Waals surface area (Å²) < 4.78 is 2.31. The Balaban J connectivity index is 1.77. The highest BCUT2D eigenvalue weighted by molar-refractivity contribution is 7.99. The highest BCUT2D eigenvalue weighted by Crippen LogP contribution is 2.43. The molecule has 1 unspecified atom stereocenters. The van der Waals surface area contributed by atoms with Gasteiger partial charge in [0.1, 0.15) is 0 Å². The van der Waals surface area contributed by atoms with E-state index in [-0.39, 0.29) is 0 Å². The second-order valence-electron chi connectivity index (χ2n) is 4.86. The van der Waals surface area contributed by atoms with Gasteiger partial charge in [-0.05, 0) is 36.8 Å². The van der Waals surface area contributed by atoms with Gasteiger partial charge in [-0.15, -0.1) is 0 Å². The summed E-state index contributed by atoms with van der Waals surface area (Å²) in [6.07, 6.45) is 1.86. The van der Waals surface area contributed by atoms with Gasteiger partial charge in [-0.25, -0.2) is 4.98 Å². The molecular formula is C15H13N3S. The van der Waals surface area contributed by atoms with E-state index in [0.717, 1.165) is 22.9 Å². The van der Waals surface area contributed by atoms with Crippen LogP contribution in [0.25, 0.3) is 11.0 Å². The number of pyridine rings is 1. The van der Waals surface area contributed by atoms with E-state index in [1.807, 2.05) is 30.1 Å². The van der Waals surface area contributed by atoms with Crippen LogP contribution >= 0.6 is 11.8 Å². The van der Waals surface area contributed by atoms with Gasteiger partial charge in [0.25, 0.3) is 0 Å². The number of hydrogen-bond acceptors (Lipinski definition) is 3. The van der Waals surface area contributed by atoms with Crippen LogP contribution in [-0.2, 0) is 6.54 Å². The van der Waals surface area contributed by atoms with Crippen LogP contribution in [0.2, 0.25) is 0 Å². The summed E-state index contributed by atoms with van der Waals surface area (Å²) in [5.41, 5.74) is 4.74. The van der Waals surface area contributed by atoms with E-state index in [0.29, 0.717) is 5.25 Å². The van der Waals surface area contributed by atoms with Gasteiger partial charge < -0.3 is 4.57 Å². The number of aryl methyl sites for hydroxylation is 1. The predicted molar refractivity (Wildman–Crippen MR) is 77.3 cm³/mol. The zero-order valence-electron chi connectivity index (χ0n) is 10.6. The predicted octanol–water partition coefficient (Wildman–Crippen LogP) is 3.59. The van der Waals surface area contributed by atoms with Gasteiger partial charge in [0, 0.05) is 12.7 Å². The minimum atomic E-state index is 0.383. The topological polar surface area (TPSA) is 30.7 Å². The molecule has 3 heterocycles. The zero-order valence-corrected chi connectivity index (χ0v) is 11.4. The van der Waals surface area contributed by atoms with Gasteiger partial charge in [-0.1, -0.05) is 23.9 Å². The Morgan fingerprint density at radius 2 is 2.21 bits per heavy atom. The fraction of sp³-hybridized carbons (Fsp3) is 0.200. The lowest BCUT2D eigenvalue weighted by Gasteiger charge is -2.07. The van der Waals surface area contributed by atoms with E-state index in [1.54, 1.807) is 0 Å². The summed E-state index contributed by atoms with van der Waals surface area (Å²) in [6, 6.07) is 12.5. The molecule has 0 spiro atoms. The fourth-order valence-electron chi connectivity index (χ4n) is 2.53. The molecule has 3 nitrogen and oxygen atoms in total. The Hall–Kier alpha value is -1.81. The molecule has 0 saturated carbocycles. The lowest BCUT2D eigenvalue weighted by molar-refractivity contribution is 0.674. The number of aromatic nitrogens is 3. The normalized spacial score (nSPS) is 17.8. The van der Waals surface area contributed by atoms with E-state index >= 15 is 0 Å². The number of nitrogens with zero attached hydrogens (tertiary/aromatic N) is 3. The highest BCUT2D eigenvalue weighted by atomic mass is 32.2. The third-order valence-corrected chi connectivity index (χ3v) is 4.68. The molecule has 0 amide bonds. The van der Waals surface area contributed by atoms with Crippen LogP contribution in [0.5, 0.6) is 0 Å². The van der Waals surface area contributed by atoms with Crippen LogP contribution in [0.15, 0.2) is 47.8 Å². The average molecular weight is 267 g/mol. The van der Waals surface area contributed by atoms with E-state index in [1.165, 1.54) is 11.1 Å². The van der Waals surface area contributed by atoms with Gasteiger partial charge in [0.2, 0.25) is 0 Å². The summed E-state index contributed by atoms with van der Waals surface area (Å²) >= 11 is 1.81. The number of hydrogen-bond donors (Lipinski definition) is 0. The molecule has 2 aromatic heterocycles. The van der Waals surface area contributed by atoms with Crippen molar-refractivity contribution in [3.63, 3.8) is 0 Å². The van der Waals surface area contributed by atoms with Crippen molar-refractivity contribution < 1.29 is 0 Å². The van der Waals surface area contributed by atoms with Gasteiger partial charge >= 0.3 is 0 Å². The largest absolute Gasteiger partial charge is 0.317 e. The molecule has 94 valence electrons. The molecule has 3 aromatic rings. The molecule has 0 bridgehead atoms. The molecule has 4 heteroatoms. The third kappa shape index (κ3) is 1.75. The Bertz CT molecular complexity index is 749. The monoisotopic (exact) mass is 267 g/mol. The van der Waals surface area contributed by atoms with Crippen LogP contribution < -0.4 is 0 Å². The Morgan fingerprint density at radius 3 is 3.05 bits per heavy atom. The summed E-state index contributed by atoms with van der Waals surface area (Å²) in [4.78, 5) is 9.17. The Kier molecular flexibility index (Phi) is 2.38. The van der Waals surface area contributed by atoms with E-state index in [9.17, 15) is 0 Å². The maximum absolute atomic E-state index is 4.71. The summed E-state index contributed by atoms with van der Waals surface area (Å²) in [5, 5.41) is 1.49. The maximum atomic E-state index is 4.71. The van der Waals surface area contributed by atoms with Gasteiger partial charge in [0.05, 0.1) is 22.0 Å². The van der Waals surface area contributed by atoms with Crippen LogP contribution in [0.1, 0.15) is 16.5 Å². The van der Waals surface area contributed by atoms with Crippen molar-refractivity contribution in [1.29, 1.82) is 0 Å². The minimum absolute atomic E-state index is 0.383. The average Bonchev–Trinajstić information content (AvgIpc) is 2.98. The zero-order chi connectivity index (χ0) is 12.8. The van der Waals surface area contributed by atoms with E-state index in [2.05, 4.69) is 40.7 Å². The van der Waals surface area contributed by atoms with Gasteiger partial charge in [0.15, 0.2) is 5.16 Å². The van der Waals surface area contributed by atoms with Gasteiger partial charge in [-0.2, -0.15) is 0 Å². The van der Waals surface area contributed by atoms with Crippen molar-refractivity contribution in [3.8, 4) is 0 Å². The first kappa shape index (κ1) is 11.1. The molecule has 1 aromatic carbocycles. The van der Waals surface area contributed by atoms with Crippen molar-refractivity contribution in [2.75, 3.05) is 0 Å². The molecule has 0 aliphatic carbocycles. The quantitative estimate of drug-likeness (QED) is 0.675. The van der Waals surface area contributed by atoms with Crippen LogP contribution in [-0.4, -0.2) is 14.5 Å². The number of rotatable bonds is 1. The molecule has 1 atom stereocenters. The molecule has 0 N–H and O–H groups in total. The van der Waals surface area contributed by atoms with Gasteiger partial charge in [-0.3, -0.25) is 4.98 Å². The maximum Gasteiger partial charge on any atom is 0.169 e. The Labute approximate surface area is 115 Å². The summed E-state index contributed by atoms with van der Waals surface area (Å²) in [6.45, 7) is 3.08. The summed E-state index contributed by atoms with van der Waals surface area (Å²) in [7, 11) is 0. The van der Waals surface area contributed by atoms with E-state index < -0.39 is 0 Å². The molecule has 4 rings (SSSR count). The minimum Gasteiger partial charge on any atom is -0.317 e. The van der Waals surface area contributed by atoms with Crippen LogP contribution in [0.3, 0.4) is 0 Å². The number of thioether (sulfide) groups is 1. The second kappa shape index (κ2) is 4.10. The molecule has 19 heavy (non-hydrogen) atoms. The van der Waals surface area contributed by atoms with Crippen molar-refractivity contribution in [3.05, 3.63) is 53.9 Å². The second-order valence-corrected chi connectivity index (χ2v) is 6.03. The number of fused-ring (bicyclic) bond motifs is 3. The molecule has 1 aliphatic heterocycles. The lowest BCUT2D eigenvalue weighted by Crippen LogP contribution is -2.00. The first-order valence-electron chi connectivity index (χ1n) is 6.36. The standard InChI is InChI=1S/C15H13N3S/c1-10-5-6-11-13(8-10)18-9-14(19-15(18)17-11)12-4-2-3-7-16-12/h2-8,14H,9H2,1H3. The first-order chi connectivity index (χ1) is 9.31. The molecule has 1 aliphatic rings. The first-order valence-corrected chi connectivity index (χ1v) is 7.24. The van der Waals surface area contributed by atoms with E-state index in [4.69, 9.17) is 4.98 Å². The molecule has 0 saturated heterocycles. The van der Waals surface area contributed by atoms with Crippen molar-refractivity contribution in [2.45, 2.75) is 23.9 Å². The number of imidazole rings is 1. The SMILES string of the molecule is Cc1ccc2nc3n(c2c1)CC(c1ccccn1)S3. The van der Waals surface area contributed by atoms with Crippen molar-refractivity contribution in [1.82, 2.24) is 14.5 Å². The third-order valence-electron chi connectivity index (χ3n) is 3.48.